The van der Waals surface area contributed by atoms with E-state index in [0.717, 1.165) is 0 Å². The Morgan fingerprint density at radius 1 is 1.13 bits per heavy atom. The van der Waals surface area contributed by atoms with Crippen molar-refractivity contribution in [3.05, 3.63) is 34.9 Å². The fourth-order valence-corrected chi connectivity index (χ4v) is 2.31. The van der Waals surface area contributed by atoms with Crippen molar-refractivity contribution in [3.63, 3.8) is 0 Å². The second kappa shape index (κ2) is 9.53. The topological polar surface area (TPSA) is 67.4 Å². The fourth-order valence-electron chi connectivity index (χ4n) is 2.18. The zero-order valence-corrected chi connectivity index (χ0v) is 14.8. The minimum atomic E-state index is -0.586. The lowest BCUT2D eigenvalue weighted by Crippen LogP contribution is -2.50. The van der Waals surface area contributed by atoms with E-state index in [9.17, 15) is 9.59 Å². The minimum Gasteiger partial charge on any atom is -0.383 e. The van der Waals surface area contributed by atoms with Crippen LogP contribution in [0.3, 0.4) is 0 Å². The summed E-state index contributed by atoms with van der Waals surface area (Å²) < 4.78 is 5.01. The smallest absolute Gasteiger partial charge is 0.251 e. The van der Waals surface area contributed by atoms with Crippen LogP contribution in [0.5, 0.6) is 0 Å². The van der Waals surface area contributed by atoms with E-state index in [1.807, 2.05) is 20.8 Å². The summed E-state index contributed by atoms with van der Waals surface area (Å²) in [5.41, 5.74) is 0.473. The number of halogens is 1. The van der Waals surface area contributed by atoms with Crippen molar-refractivity contribution in [2.75, 3.05) is 13.7 Å². The molecule has 2 N–H and O–H groups in total. The lowest BCUT2D eigenvalue weighted by molar-refractivity contribution is -0.124. The van der Waals surface area contributed by atoms with Gasteiger partial charge in [0.2, 0.25) is 5.91 Å². The zero-order valence-electron chi connectivity index (χ0n) is 14.1. The van der Waals surface area contributed by atoms with Gasteiger partial charge in [-0.2, -0.15) is 0 Å². The molecule has 0 bridgehead atoms. The van der Waals surface area contributed by atoms with Crippen molar-refractivity contribution >= 4 is 23.4 Å². The standard InChI is InChI=1S/C17H25ClN2O3/c1-11(2)9-15(17(22)19-12(3)10-23-4)20-16(21)13-5-7-14(18)8-6-13/h5-8,11-12,15H,9-10H2,1-4H3,(H,19,22)(H,20,21). The van der Waals surface area contributed by atoms with Crippen LogP contribution in [0.4, 0.5) is 0 Å². The molecule has 0 saturated carbocycles. The van der Waals surface area contributed by atoms with Gasteiger partial charge < -0.3 is 15.4 Å². The molecule has 0 aliphatic carbocycles. The maximum Gasteiger partial charge on any atom is 0.251 e. The van der Waals surface area contributed by atoms with Gasteiger partial charge >= 0.3 is 0 Å². The van der Waals surface area contributed by atoms with Gasteiger partial charge in [-0.1, -0.05) is 25.4 Å². The molecule has 1 aromatic carbocycles. The van der Waals surface area contributed by atoms with Gasteiger partial charge in [-0.3, -0.25) is 9.59 Å². The van der Waals surface area contributed by atoms with Crippen LogP contribution in [0, 0.1) is 5.92 Å². The van der Waals surface area contributed by atoms with Crippen LogP contribution >= 0.6 is 11.6 Å². The van der Waals surface area contributed by atoms with E-state index in [4.69, 9.17) is 16.3 Å². The molecule has 2 atom stereocenters. The quantitative estimate of drug-likeness (QED) is 0.764. The molecule has 1 rings (SSSR count). The number of benzene rings is 1. The normalized spacial score (nSPS) is 13.5. The van der Waals surface area contributed by atoms with Crippen LogP contribution < -0.4 is 10.6 Å². The summed E-state index contributed by atoms with van der Waals surface area (Å²) in [6, 6.07) is 5.86. The van der Waals surface area contributed by atoms with E-state index in [1.165, 1.54) is 0 Å². The van der Waals surface area contributed by atoms with Crippen molar-refractivity contribution < 1.29 is 14.3 Å². The van der Waals surface area contributed by atoms with E-state index in [1.54, 1.807) is 31.4 Å². The number of carbonyl (C=O) groups excluding carboxylic acids is 2. The highest BCUT2D eigenvalue weighted by Gasteiger charge is 2.23. The van der Waals surface area contributed by atoms with E-state index in [-0.39, 0.29) is 23.8 Å². The van der Waals surface area contributed by atoms with E-state index in [2.05, 4.69) is 10.6 Å². The number of rotatable bonds is 8. The summed E-state index contributed by atoms with van der Waals surface area (Å²) in [7, 11) is 1.58. The summed E-state index contributed by atoms with van der Waals surface area (Å²) in [4.78, 5) is 24.7. The second-order valence-electron chi connectivity index (χ2n) is 6.03. The summed E-state index contributed by atoms with van der Waals surface area (Å²) in [5.74, 6) is -0.221. The third-order valence-electron chi connectivity index (χ3n) is 3.24. The van der Waals surface area contributed by atoms with Crippen molar-refractivity contribution in [1.29, 1.82) is 0 Å². The number of nitrogens with one attached hydrogen (secondary N) is 2. The Balaban J connectivity index is 2.75. The van der Waals surface area contributed by atoms with Crippen LogP contribution in [-0.2, 0) is 9.53 Å². The Hall–Kier alpha value is -1.59. The van der Waals surface area contributed by atoms with Crippen LogP contribution in [0.2, 0.25) is 5.02 Å². The predicted octanol–water partition coefficient (Wildman–Crippen LogP) is 2.64. The molecule has 0 heterocycles. The Bertz CT molecular complexity index is 517. The number of carbonyl (C=O) groups is 2. The maximum atomic E-state index is 12.4. The van der Waals surface area contributed by atoms with Gasteiger partial charge in [0.25, 0.3) is 5.91 Å². The van der Waals surface area contributed by atoms with Crippen molar-refractivity contribution in [2.45, 2.75) is 39.3 Å². The van der Waals surface area contributed by atoms with Crippen LogP contribution in [0.15, 0.2) is 24.3 Å². The predicted molar refractivity (Wildman–Crippen MR) is 91.6 cm³/mol. The molecular formula is C17H25ClN2O3. The van der Waals surface area contributed by atoms with Gasteiger partial charge in [-0.05, 0) is 43.5 Å². The Kier molecular flexibility index (Phi) is 8.06. The molecule has 0 aliphatic rings. The molecule has 23 heavy (non-hydrogen) atoms. The van der Waals surface area contributed by atoms with Gasteiger partial charge in [-0.25, -0.2) is 0 Å². The molecule has 2 unspecified atom stereocenters. The number of hydrogen-bond acceptors (Lipinski definition) is 3. The maximum absolute atomic E-state index is 12.4. The molecule has 0 fully saturated rings. The van der Waals surface area contributed by atoms with Gasteiger partial charge in [0.05, 0.1) is 6.61 Å². The van der Waals surface area contributed by atoms with Crippen molar-refractivity contribution in [1.82, 2.24) is 10.6 Å². The van der Waals surface area contributed by atoms with Crippen LogP contribution in [-0.4, -0.2) is 37.6 Å². The zero-order chi connectivity index (χ0) is 17.4. The molecule has 0 aromatic heterocycles. The van der Waals surface area contributed by atoms with E-state index < -0.39 is 6.04 Å². The number of ether oxygens (including phenoxy) is 1. The summed E-state index contributed by atoms with van der Waals surface area (Å²) in [6.45, 7) is 6.29. The second-order valence-corrected chi connectivity index (χ2v) is 6.46. The van der Waals surface area contributed by atoms with E-state index >= 15 is 0 Å². The van der Waals surface area contributed by atoms with E-state index in [0.29, 0.717) is 23.6 Å². The lowest BCUT2D eigenvalue weighted by atomic mass is 10.0. The fraction of sp³-hybridized carbons (Fsp3) is 0.529. The Labute approximate surface area is 142 Å². The number of methoxy groups -OCH3 is 1. The molecule has 0 spiro atoms. The molecule has 1 aromatic rings. The third kappa shape index (κ3) is 7.01. The molecule has 0 saturated heterocycles. The SMILES string of the molecule is COCC(C)NC(=O)C(CC(C)C)NC(=O)c1ccc(Cl)cc1. The Morgan fingerprint density at radius 3 is 2.26 bits per heavy atom. The molecule has 128 valence electrons. The highest BCUT2D eigenvalue weighted by molar-refractivity contribution is 6.30. The van der Waals surface area contributed by atoms with Crippen LogP contribution in [0.25, 0.3) is 0 Å². The number of hydrogen-bond donors (Lipinski definition) is 2. The summed E-state index contributed by atoms with van der Waals surface area (Å²) in [5, 5.41) is 6.21. The first-order chi connectivity index (χ1) is 10.8. The average Bonchev–Trinajstić information content (AvgIpc) is 2.46. The summed E-state index contributed by atoms with van der Waals surface area (Å²) in [6.07, 6.45) is 0.560. The van der Waals surface area contributed by atoms with Gasteiger partial charge in [0, 0.05) is 23.7 Å². The van der Waals surface area contributed by atoms with Gasteiger partial charge in [0.15, 0.2) is 0 Å². The van der Waals surface area contributed by atoms with Crippen molar-refractivity contribution in [3.8, 4) is 0 Å². The minimum absolute atomic E-state index is 0.116. The largest absolute Gasteiger partial charge is 0.383 e. The Morgan fingerprint density at radius 2 is 1.74 bits per heavy atom. The highest BCUT2D eigenvalue weighted by Crippen LogP contribution is 2.11. The molecular weight excluding hydrogens is 316 g/mol. The first-order valence-corrected chi connectivity index (χ1v) is 8.07. The molecule has 6 heteroatoms. The first kappa shape index (κ1) is 19.5. The third-order valence-corrected chi connectivity index (χ3v) is 3.49. The van der Waals surface area contributed by atoms with Crippen LogP contribution in [0.1, 0.15) is 37.6 Å². The number of amides is 2. The van der Waals surface area contributed by atoms with Gasteiger partial charge in [0.1, 0.15) is 6.04 Å². The molecule has 0 aliphatic heterocycles. The summed E-state index contributed by atoms with van der Waals surface area (Å²) >= 11 is 5.82. The lowest BCUT2D eigenvalue weighted by Gasteiger charge is -2.22. The van der Waals surface area contributed by atoms with Crippen molar-refractivity contribution in [2.24, 2.45) is 5.92 Å². The highest BCUT2D eigenvalue weighted by atomic mass is 35.5. The molecule has 0 radical (unpaired) electrons. The molecule has 2 amide bonds. The van der Waals surface area contributed by atoms with Gasteiger partial charge in [-0.15, -0.1) is 0 Å². The average molecular weight is 341 g/mol. The first-order valence-electron chi connectivity index (χ1n) is 7.69. The monoisotopic (exact) mass is 340 g/mol. The molecule has 5 nitrogen and oxygen atoms in total.